The van der Waals surface area contributed by atoms with Gasteiger partial charge in [-0.15, -0.1) is 0 Å². The summed E-state index contributed by atoms with van der Waals surface area (Å²) in [5.74, 6) is 0.567. The van der Waals surface area contributed by atoms with E-state index in [9.17, 15) is 14.4 Å². The second-order valence-electron chi connectivity index (χ2n) is 16.0. The molecule has 3 heterocycles. The molecule has 0 saturated heterocycles. The fraction of sp³-hybridized carbons (Fsp3) is 0.500. The number of aldehydes is 1. The van der Waals surface area contributed by atoms with Crippen LogP contribution in [0.3, 0.4) is 0 Å². The Balaban J connectivity index is 1.05. The van der Waals surface area contributed by atoms with Gasteiger partial charge in [0.2, 0.25) is 0 Å². The lowest BCUT2D eigenvalue weighted by atomic mass is 9.82. The molecular formula is C42H51Cl2N7O3. The van der Waals surface area contributed by atoms with Crippen LogP contribution in [0.15, 0.2) is 36.4 Å². The molecule has 286 valence electrons. The molecule has 2 fully saturated rings. The first-order valence-electron chi connectivity index (χ1n) is 19.4. The van der Waals surface area contributed by atoms with Gasteiger partial charge in [-0.25, -0.2) is 9.97 Å². The maximum atomic E-state index is 13.7. The van der Waals surface area contributed by atoms with Gasteiger partial charge in [-0.3, -0.25) is 14.5 Å². The van der Waals surface area contributed by atoms with Crippen LogP contribution >= 0.6 is 23.2 Å². The highest BCUT2D eigenvalue weighted by molar-refractivity contribution is 6.40. The van der Waals surface area contributed by atoms with Crippen LogP contribution in [0.4, 0.5) is 11.4 Å². The molecule has 0 radical (unpaired) electrons. The number of hydrogen-bond acceptors (Lipinski definition) is 6. The van der Waals surface area contributed by atoms with Crippen molar-refractivity contribution in [1.29, 1.82) is 0 Å². The van der Waals surface area contributed by atoms with Gasteiger partial charge < -0.3 is 24.6 Å². The monoisotopic (exact) mass is 771 g/mol. The Hall–Kier alpha value is -3.99. The Morgan fingerprint density at radius 2 is 1.52 bits per heavy atom. The van der Waals surface area contributed by atoms with Crippen molar-refractivity contribution >= 4 is 52.7 Å². The molecule has 2 aromatic heterocycles. The largest absolute Gasteiger partial charge is 0.327 e. The molecule has 2 aliphatic carbocycles. The predicted molar refractivity (Wildman–Crippen MR) is 214 cm³/mol. The van der Waals surface area contributed by atoms with Crippen LogP contribution in [0.2, 0.25) is 10.0 Å². The van der Waals surface area contributed by atoms with Gasteiger partial charge in [0.15, 0.2) is 11.6 Å². The standard InChI is InChI=1S/C42H51Cl2N7O3/c1-6-26(3)14-15-33-29(7-2)45-37(49(33)4)39(53)47-30-12-8-10-27(35(30)43)28-11-9-13-31(36(28)44)48-40(54)38-46-32-22-51(21-16-34(32)50(38)5)24-41-17-19-42(23-41,25-52)20-18-41/h8-13,25-26H,6-7,14-24H2,1-5H3,(H,47,53)(H,48,54). The summed E-state index contributed by atoms with van der Waals surface area (Å²) >= 11 is 13.9. The van der Waals surface area contributed by atoms with E-state index in [-0.39, 0.29) is 22.6 Å². The van der Waals surface area contributed by atoms with E-state index in [4.69, 9.17) is 33.2 Å². The first-order valence-corrected chi connectivity index (χ1v) is 20.1. The van der Waals surface area contributed by atoms with Gasteiger partial charge >= 0.3 is 0 Å². The minimum absolute atomic E-state index is 0.101. The summed E-state index contributed by atoms with van der Waals surface area (Å²) in [5.41, 5.74) is 6.21. The molecule has 10 nitrogen and oxygen atoms in total. The van der Waals surface area contributed by atoms with Gasteiger partial charge in [-0.2, -0.15) is 0 Å². The number of nitrogens with zero attached hydrogens (tertiary/aromatic N) is 5. The Morgan fingerprint density at radius 1 is 0.907 bits per heavy atom. The van der Waals surface area contributed by atoms with Gasteiger partial charge in [0.25, 0.3) is 11.8 Å². The van der Waals surface area contributed by atoms with Crippen LogP contribution < -0.4 is 10.6 Å². The topological polar surface area (TPSA) is 114 Å². The molecule has 0 spiro atoms. The highest BCUT2D eigenvalue weighted by atomic mass is 35.5. The lowest BCUT2D eigenvalue weighted by molar-refractivity contribution is -0.115. The van der Waals surface area contributed by atoms with Crippen molar-refractivity contribution in [2.24, 2.45) is 30.8 Å². The maximum absolute atomic E-state index is 13.7. The first-order chi connectivity index (χ1) is 25.9. The van der Waals surface area contributed by atoms with Crippen LogP contribution in [-0.4, -0.2) is 55.2 Å². The van der Waals surface area contributed by atoms with Gasteiger partial charge in [-0.05, 0) is 74.8 Å². The SMILES string of the molecule is CCc1nc(C(=O)Nc2cccc(-c3cccc(NC(=O)c4nc5c(n4C)CCN(CC46CCC(C=O)(CC4)C6)C5)c3Cl)c2Cl)n(C)c1CCC(C)CC. The minimum Gasteiger partial charge on any atom is -0.327 e. The lowest BCUT2D eigenvalue weighted by Crippen LogP contribution is -2.39. The van der Waals surface area contributed by atoms with Crippen LogP contribution in [0.25, 0.3) is 11.1 Å². The number of aryl methyl sites for hydroxylation is 1. The molecule has 3 aliphatic rings. The number of imidazole rings is 2. The van der Waals surface area contributed by atoms with E-state index in [1.54, 1.807) is 12.1 Å². The van der Waals surface area contributed by atoms with E-state index in [0.717, 1.165) is 100 Å². The van der Waals surface area contributed by atoms with E-state index in [1.807, 2.05) is 47.5 Å². The first kappa shape index (κ1) is 38.3. The predicted octanol–water partition coefficient (Wildman–Crippen LogP) is 8.68. The lowest BCUT2D eigenvalue weighted by Gasteiger charge is -2.35. The Morgan fingerprint density at radius 3 is 2.07 bits per heavy atom. The molecule has 2 aromatic carbocycles. The molecule has 7 rings (SSSR count). The summed E-state index contributed by atoms with van der Waals surface area (Å²) in [6.07, 6.45) is 11.0. The van der Waals surface area contributed by atoms with Crippen molar-refractivity contribution in [2.75, 3.05) is 23.7 Å². The smallest absolute Gasteiger partial charge is 0.291 e. The maximum Gasteiger partial charge on any atom is 0.291 e. The van der Waals surface area contributed by atoms with Crippen molar-refractivity contribution in [1.82, 2.24) is 24.0 Å². The van der Waals surface area contributed by atoms with Crippen LogP contribution in [0.1, 0.15) is 110 Å². The van der Waals surface area contributed by atoms with E-state index in [0.29, 0.717) is 56.7 Å². The highest BCUT2D eigenvalue weighted by Gasteiger charge is 2.54. The fourth-order valence-corrected chi connectivity index (χ4v) is 9.70. The number of anilines is 2. The van der Waals surface area contributed by atoms with Gasteiger partial charge in [-0.1, -0.05) is 74.7 Å². The average Bonchev–Trinajstić information content (AvgIpc) is 3.91. The van der Waals surface area contributed by atoms with Crippen LogP contribution in [-0.2, 0) is 44.7 Å². The fourth-order valence-electron chi connectivity index (χ4n) is 9.15. The molecule has 1 unspecified atom stereocenters. The second-order valence-corrected chi connectivity index (χ2v) is 16.8. The molecule has 12 heteroatoms. The Labute approximate surface area is 328 Å². The van der Waals surface area contributed by atoms with E-state index in [1.165, 1.54) is 6.29 Å². The number of carbonyl (C=O) groups excluding carboxylic acids is 3. The molecule has 2 bridgehead atoms. The zero-order valence-electron chi connectivity index (χ0n) is 32.0. The van der Waals surface area contributed by atoms with Gasteiger partial charge in [0, 0.05) is 68.1 Å². The number of rotatable bonds is 13. The summed E-state index contributed by atoms with van der Waals surface area (Å²) in [6.45, 7) is 9.05. The molecule has 1 aliphatic heterocycles. The van der Waals surface area contributed by atoms with Crippen molar-refractivity contribution in [3.63, 3.8) is 0 Å². The number of hydrogen-bond donors (Lipinski definition) is 2. The summed E-state index contributed by atoms with van der Waals surface area (Å²) in [7, 11) is 3.78. The summed E-state index contributed by atoms with van der Waals surface area (Å²) in [6, 6.07) is 10.8. The Kier molecular flexibility index (Phi) is 10.8. The molecular weight excluding hydrogens is 721 g/mol. The van der Waals surface area contributed by atoms with Crippen molar-refractivity contribution < 1.29 is 14.4 Å². The number of carbonyl (C=O) groups is 3. The molecule has 4 aromatic rings. The number of halogens is 2. The van der Waals surface area contributed by atoms with E-state index >= 15 is 0 Å². The van der Waals surface area contributed by atoms with Crippen molar-refractivity contribution in [3.05, 3.63) is 80.9 Å². The number of aromatic nitrogens is 4. The molecule has 2 N–H and O–H groups in total. The molecule has 2 amide bonds. The highest BCUT2D eigenvalue weighted by Crippen LogP contribution is 2.61. The third kappa shape index (κ3) is 7.13. The van der Waals surface area contributed by atoms with Crippen LogP contribution in [0, 0.1) is 16.7 Å². The number of amides is 2. The summed E-state index contributed by atoms with van der Waals surface area (Å²) in [5, 5.41) is 6.61. The summed E-state index contributed by atoms with van der Waals surface area (Å²) in [4.78, 5) is 51.1. The number of fused-ring (bicyclic) bond motifs is 3. The van der Waals surface area contributed by atoms with Crippen LogP contribution in [0.5, 0.6) is 0 Å². The molecule has 2 saturated carbocycles. The zero-order chi connectivity index (χ0) is 38.4. The average molecular weight is 773 g/mol. The summed E-state index contributed by atoms with van der Waals surface area (Å²) < 4.78 is 3.79. The third-order valence-electron chi connectivity index (χ3n) is 12.6. The van der Waals surface area contributed by atoms with Gasteiger partial charge in [0.1, 0.15) is 6.29 Å². The third-order valence-corrected chi connectivity index (χ3v) is 13.4. The minimum atomic E-state index is -0.351. The van der Waals surface area contributed by atoms with Gasteiger partial charge in [0.05, 0.1) is 32.8 Å². The number of nitrogens with one attached hydrogen (secondary N) is 2. The van der Waals surface area contributed by atoms with Crippen molar-refractivity contribution in [2.45, 2.75) is 91.5 Å². The quantitative estimate of drug-likeness (QED) is 0.132. The Bertz CT molecular complexity index is 2090. The molecule has 1 atom stereocenters. The van der Waals surface area contributed by atoms with E-state index in [2.05, 4.69) is 36.3 Å². The second kappa shape index (κ2) is 15.3. The normalized spacial score (nSPS) is 21.2. The zero-order valence-corrected chi connectivity index (χ0v) is 33.5. The number of benzene rings is 2. The molecule has 54 heavy (non-hydrogen) atoms. The van der Waals surface area contributed by atoms with Crippen molar-refractivity contribution in [3.8, 4) is 11.1 Å². The van der Waals surface area contributed by atoms with E-state index < -0.39 is 0 Å².